The van der Waals surface area contributed by atoms with Gasteiger partial charge >= 0.3 is 0 Å². The fraction of sp³-hybridized carbons (Fsp3) is 0.133. The van der Waals surface area contributed by atoms with Crippen LogP contribution in [0.3, 0.4) is 0 Å². The van der Waals surface area contributed by atoms with Crippen LogP contribution in [0.15, 0.2) is 36.4 Å². The summed E-state index contributed by atoms with van der Waals surface area (Å²) in [7, 11) is 2.98. The molecule has 0 heterocycles. The summed E-state index contributed by atoms with van der Waals surface area (Å²) in [5, 5.41) is 0. The van der Waals surface area contributed by atoms with Crippen molar-refractivity contribution in [3.63, 3.8) is 0 Å². The summed E-state index contributed by atoms with van der Waals surface area (Å²) in [4.78, 5) is 11.1. The number of hydrogen-bond donors (Lipinski definition) is 0. The van der Waals surface area contributed by atoms with Crippen LogP contribution < -0.4 is 9.47 Å². The zero-order valence-electron chi connectivity index (χ0n) is 10.6. The first-order chi connectivity index (χ1) is 9.19. The normalized spacial score (nSPS) is 10.1. The number of carbonyl (C=O) groups is 1. The lowest BCUT2D eigenvalue weighted by Gasteiger charge is -2.12. The van der Waals surface area contributed by atoms with Crippen LogP contribution in [0.1, 0.15) is 10.4 Å². The molecule has 0 saturated carbocycles. The maximum absolute atomic E-state index is 12.9. The van der Waals surface area contributed by atoms with Gasteiger partial charge in [0.2, 0.25) is 0 Å². The minimum atomic E-state index is -0.306. The molecule has 0 aromatic heterocycles. The van der Waals surface area contributed by atoms with E-state index in [1.54, 1.807) is 24.3 Å². The molecule has 0 N–H and O–H groups in total. The van der Waals surface area contributed by atoms with Gasteiger partial charge in [-0.1, -0.05) is 12.1 Å². The summed E-state index contributed by atoms with van der Waals surface area (Å²) < 4.78 is 23.3. The topological polar surface area (TPSA) is 35.5 Å². The molecule has 0 spiro atoms. The number of benzene rings is 2. The Morgan fingerprint density at radius 3 is 2.21 bits per heavy atom. The van der Waals surface area contributed by atoms with Crippen LogP contribution in [-0.2, 0) is 0 Å². The second kappa shape index (κ2) is 5.52. The summed E-state index contributed by atoms with van der Waals surface area (Å²) in [5.41, 5.74) is 1.95. The molecule has 19 heavy (non-hydrogen) atoms. The van der Waals surface area contributed by atoms with Crippen molar-refractivity contribution >= 4 is 6.29 Å². The Kier molecular flexibility index (Phi) is 3.80. The Morgan fingerprint density at radius 2 is 1.68 bits per heavy atom. The van der Waals surface area contributed by atoms with Gasteiger partial charge in [-0.05, 0) is 35.4 Å². The molecule has 4 heteroatoms. The molecule has 2 aromatic carbocycles. The molecule has 0 unspecified atom stereocenters. The fourth-order valence-corrected chi connectivity index (χ4v) is 1.89. The third kappa shape index (κ3) is 2.57. The Morgan fingerprint density at radius 1 is 1.00 bits per heavy atom. The molecular weight excluding hydrogens is 247 g/mol. The first-order valence-corrected chi connectivity index (χ1v) is 5.66. The Balaban J connectivity index is 2.58. The zero-order chi connectivity index (χ0) is 13.8. The summed E-state index contributed by atoms with van der Waals surface area (Å²) in [5.74, 6) is 0.551. The number of rotatable bonds is 4. The molecule has 3 nitrogen and oxygen atoms in total. The lowest BCUT2D eigenvalue weighted by Crippen LogP contribution is -1.96. The van der Waals surface area contributed by atoms with E-state index in [1.165, 1.54) is 26.4 Å². The molecule has 0 atom stereocenters. The van der Waals surface area contributed by atoms with E-state index >= 15 is 0 Å². The smallest absolute Gasteiger partial charge is 0.171 e. The average Bonchev–Trinajstić information content (AvgIpc) is 2.46. The zero-order valence-corrected chi connectivity index (χ0v) is 10.6. The molecule has 2 rings (SSSR count). The highest BCUT2D eigenvalue weighted by molar-refractivity contribution is 5.85. The molecule has 0 aliphatic heterocycles. The van der Waals surface area contributed by atoms with Crippen LogP contribution in [0, 0.1) is 5.82 Å². The number of carbonyl (C=O) groups excluding carboxylic acids is 1. The minimum Gasteiger partial charge on any atom is -0.493 e. The number of ether oxygens (including phenoxy) is 2. The van der Waals surface area contributed by atoms with Crippen molar-refractivity contribution in [2.75, 3.05) is 14.2 Å². The maximum atomic E-state index is 12.9. The molecule has 0 radical (unpaired) electrons. The fourth-order valence-electron chi connectivity index (χ4n) is 1.89. The van der Waals surface area contributed by atoms with Crippen molar-refractivity contribution in [3.05, 3.63) is 47.8 Å². The minimum absolute atomic E-state index is 0.306. The van der Waals surface area contributed by atoms with Gasteiger partial charge in [-0.2, -0.15) is 0 Å². The molecule has 2 aromatic rings. The highest BCUT2D eigenvalue weighted by Crippen LogP contribution is 2.35. The second-order valence-electron chi connectivity index (χ2n) is 3.93. The number of methoxy groups -OCH3 is 2. The first-order valence-electron chi connectivity index (χ1n) is 5.66. The van der Waals surface area contributed by atoms with Gasteiger partial charge in [0.25, 0.3) is 0 Å². The summed E-state index contributed by atoms with van der Waals surface area (Å²) in [6.07, 6.45) is 0.703. The largest absolute Gasteiger partial charge is 0.493 e. The van der Waals surface area contributed by atoms with Gasteiger partial charge in [0.1, 0.15) is 5.82 Å². The molecule has 0 bridgehead atoms. The molecule has 0 fully saturated rings. The Bertz CT molecular complexity index is 591. The van der Waals surface area contributed by atoms with E-state index in [2.05, 4.69) is 0 Å². The molecule has 0 amide bonds. The number of halogens is 1. The number of aldehydes is 1. The predicted molar refractivity (Wildman–Crippen MR) is 70.3 cm³/mol. The van der Waals surface area contributed by atoms with Crippen LogP contribution in [0.5, 0.6) is 11.5 Å². The van der Waals surface area contributed by atoms with E-state index in [0.29, 0.717) is 23.3 Å². The van der Waals surface area contributed by atoms with Gasteiger partial charge in [0, 0.05) is 0 Å². The summed E-state index contributed by atoms with van der Waals surface area (Å²) in [6.45, 7) is 0. The van der Waals surface area contributed by atoms with Crippen LogP contribution in [0.4, 0.5) is 4.39 Å². The average molecular weight is 260 g/mol. The highest BCUT2D eigenvalue weighted by Gasteiger charge is 2.12. The van der Waals surface area contributed by atoms with Crippen LogP contribution in [0.2, 0.25) is 0 Å². The van der Waals surface area contributed by atoms with Crippen molar-refractivity contribution in [2.24, 2.45) is 0 Å². The second-order valence-corrected chi connectivity index (χ2v) is 3.93. The monoisotopic (exact) mass is 260 g/mol. The van der Waals surface area contributed by atoms with Gasteiger partial charge in [-0.15, -0.1) is 0 Å². The molecule has 98 valence electrons. The van der Waals surface area contributed by atoms with E-state index in [-0.39, 0.29) is 5.82 Å². The van der Waals surface area contributed by atoms with Gasteiger partial charge in [-0.3, -0.25) is 4.79 Å². The molecule has 0 aliphatic rings. The van der Waals surface area contributed by atoms with E-state index in [1.807, 2.05) is 0 Å². The summed E-state index contributed by atoms with van der Waals surface area (Å²) in [6, 6.07) is 9.45. The quantitative estimate of drug-likeness (QED) is 0.791. The van der Waals surface area contributed by atoms with Gasteiger partial charge < -0.3 is 9.47 Å². The Labute approximate surface area is 110 Å². The SMILES string of the molecule is COc1cc(-c2ccc(F)cc2)cc(C=O)c1OC. The van der Waals surface area contributed by atoms with E-state index in [0.717, 1.165) is 11.1 Å². The predicted octanol–water partition coefficient (Wildman–Crippen LogP) is 3.32. The maximum Gasteiger partial charge on any atom is 0.171 e. The van der Waals surface area contributed by atoms with Crippen LogP contribution in [-0.4, -0.2) is 20.5 Å². The van der Waals surface area contributed by atoms with Crippen LogP contribution in [0.25, 0.3) is 11.1 Å². The summed E-state index contributed by atoms with van der Waals surface area (Å²) >= 11 is 0. The lowest BCUT2D eigenvalue weighted by molar-refractivity contribution is 0.112. The van der Waals surface area contributed by atoms with Crippen LogP contribution >= 0.6 is 0 Å². The third-order valence-corrected chi connectivity index (χ3v) is 2.81. The van der Waals surface area contributed by atoms with Crippen molar-refractivity contribution in [1.82, 2.24) is 0 Å². The molecular formula is C15H13FO3. The third-order valence-electron chi connectivity index (χ3n) is 2.81. The number of hydrogen-bond acceptors (Lipinski definition) is 3. The van der Waals surface area contributed by atoms with E-state index in [4.69, 9.17) is 9.47 Å². The van der Waals surface area contributed by atoms with E-state index in [9.17, 15) is 9.18 Å². The van der Waals surface area contributed by atoms with Gasteiger partial charge in [-0.25, -0.2) is 4.39 Å². The van der Waals surface area contributed by atoms with Crippen molar-refractivity contribution in [2.45, 2.75) is 0 Å². The van der Waals surface area contributed by atoms with Crippen molar-refractivity contribution in [1.29, 1.82) is 0 Å². The standard InChI is InChI=1S/C15H13FO3/c1-18-14-8-11(7-12(9-17)15(14)19-2)10-3-5-13(16)6-4-10/h3-9H,1-2H3. The molecule has 0 aliphatic carbocycles. The van der Waals surface area contributed by atoms with Crippen molar-refractivity contribution < 1.29 is 18.7 Å². The van der Waals surface area contributed by atoms with E-state index < -0.39 is 0 Å². The van der Waals surface area contributed by atoms with Crippen molar-refractivity contribution in [3.8, 4) is 22.6 Å². The Hall–Kier alpha value is -2.36. The highest BCUT2D eigenvalue weighted by atomic mass is 19.1. The van der Waals surface area contributed by atoms with Gasteiger partial charge in [0.15, 0.2) is 17.8 Å². The van der Waals surface area contributed by atoms with Gasteiger partial charge in [0.05, 0.1) is 19.8 Å². The first kappa shape index (κ1) is 13.1. The molecule has 0 saturated heterocycles. The lowest BCUT2D eigenvalue weighted by atomic mass is 10.0.